The fourth-order valence-corrected chi connectivity index (χ4v) is 2.99. The summed E-state index contributed by atoms with van der Waals surface area (Å²) in [5.74, 6) is 0.265. The van der Waals surface area contributed by atoms with Crippen LogP contribution < -0.4 is 10.2 Å². The molecule has 1 aliphatic rings. The largest absolute Gasteiger partial charge is 0.371 e. The summed E-state index contributed by atoms with van der Waals surface area (Å²) in [6.07, 6.45) is 1.82. The van der Waals surface area contributed by atoms with E-state index in [2.05, 4.69) is 34.5 Å². The van der Waals surface area contributed by atoms with Crippen molar-refractivity contribution in [1.82, 2.24) is 0 Å². The topological polar surface area (TPSA) is 32.3 Å². The zero-order valence-corrected chi connectivity index (χ0v) is 13.0. The SMILES string of the molecule is Cc1ccccc1NC(=O)C1CCN(c2ccccc2)CC1. The van der Waals surface area contributed by atoms with E-state index in [0.29, 0.717) is 0 Å². The van der Waals surface area contributed by atoms with Crippen LogP contribution in [0.1, 0.15) is 18.4 Å². The normalized spacial score (nSPS) is 15.6. The maximum absolute atomic E-state index is 12.4. The van der Waals surface area contributed by atoms with Gasteiger partial charge in [0.15, 0.2) is 0 Å². The molecule has 0 atom stereocenters. The second-order valence-corrected chi connectivity index (χ2v) is 5.90. The molecule has 2 aromatic rings. The summed E-state index contributed by atoms with van der Waals surface area (Å²) >= 11 is 0. The highest BCUT2D eigenvalue weighted by molar-refractivity contribution is 5.93. The minimum atomic E-state index is 0.111. The summed E-state index contributed by atoms with van der Waals surface area (Å²) < 4.78 is 0. The number of piperidine rings is 1. The van der Waals surface area contributed by atoms with Gasteiger partial charge in [-0.3, -0.25) is 4.79 Å². The van der Waals surface area contributed by atoms with Gasteiger partial charge in [0.25, 0.3) is 0 Å². The lowest BCUT2D eigenvalue weighted by molar-refractivity contribution is -0.120. The molecule has 1 fully saturated rings. The minimum Gasteiger partial charge on any atom is -0.371 e. The first-order valence-corrected chi connectivity index (χ1v) is 7.90. The van der Waals surface area contributed by atoms with Gasteiger partial charge < -0.3 is 10.2 Å². The van der Waals surface area contributed by atoms with Crippen LogP contribution >= 0.6 is 0 Å². The third-order valence-electron chi connectivity index (χ3n) is 4.39. The summed E-state index contributed by atoms with van der Waals surface area (Å²) in [6, 6.07) is 18.4. The number of aryl methyl sites for hydroxylation is 1. The fourth-order valence-electron chi connectivity index (χ4n) is 2.99. The molecule has 114 valence electrons. The van der Waals surface area contributed by atoms with Gasteiger partial charge in [-0.2, -0.15) is 0 Å². The van der Waals surface area contributed by atoms with E-state index in [1.807, 2.05) is 37.3 Å². The summed E-state index contributed by atoms with van der Waals surface area (Å²) in [5, 5.41) is 3.08. The van der Waals surface area contributed by atoms with Crippen molar-refractivity contribution < 1.29 is 4.79 Å². The predicted molar refractivity (Wildman–Crippen MR) is 91.2 cm³/mol. The minimum absolute atomic E-state index is 0.111. The number of hydrogen-bond acceptors (Lipinski definition) is 2. The average molecular weight is 294 g/mol. The van der Waals surface area contributed by atoms with Gasteiger partial charge in [-0.05, 0) is 43.5 Å². The Bertz CT molecular complexity index is 631. The number of hydrogen-bond donors (Lipinski definition) is 1. The zero-order chi connectivity index (χ0) is 15.4. The van der Waals surface area contributed by atoms with Crippen molar-refractivity contribution in [3.8, 4) is 0 Å². The number of benzene rings is 2. The lowest BCUT2D eigenvalue weighted by Gasteiger charge is -2.33. The van der Waals surface area contributed by atoms with Crippen molar-refractivity contribution in [1.29, 1.82) is 0 Å². The molecule has 2 aromatic carbocycles. The number of rotatable bonds is 3. The Morgan fingerprint density at radius 2 is 1.64 bits per heavy atom. The highest BCUT2D eigenvalue weighted by Crippen LogP contribution is 2.24. The Kier molecular flexibility index (Phi) is 4.42. The fraction of sp³-hybridized carbons (Fsp3) is 0.316. The number of nitrogens with one attached hydrogen (secondary N) is 1. The van der Waals surface area contributed by atoms with Crippen molar-refractivity contribution in [2.45, 2.75) is 19.8 Å². The molecule has 1 aliphatic heterocycles. The third-order valence-corrected chi connectivity index (χ3v) is 4.39. The molecular formula is C19H22N2O. The van der Waals surface area contributed by atoms with Gasteiger partial charge in [-0.25, -0.2) is 0 Å². The number of amides is 1. The van der Waals surface area contributed by atoms with E-state index in [9.17, 15) is 4.79 Å². The Balaban J connectivity index is 1.57. The van der Waals surface area contributed by atoms with Crippen molar-refractivity contribution in [3.63, 3.8) is 0 Å². The highest BCUT2D eigenvalue weighted by Gasteiger charge is 2.25. The first kappa shape index (κ1) is 14.6. The summed E-state index contributed by atoms with van der Waals surface area (Å²) in [5.41, 5.74) is 3.29. The van der Waals surface area contributed by atoms with E-state index in [-0.39, 0.29) is 11.8 Å². The van der Waals surface area contributed by atoms with E-state index in [4.69, 9.17) is 0 Å². The van der Waals surface area contributed by atoms with Crippen molar-refractivity contribution in [2.24, 2.45) is 5.92 Å². The van der Waals surface area contributed by atoms with Crippen molar-refractivity contribution in [2.75, 3.05) is 23.3 Å². The maximum Gasteiger partial charge on any atom is 0.227 e. The van der Waals surface area contributed by atoms with Crippen LogP contribution in [0.25, 0.3) is 0 Å². The molecule has 0 spiro atoms. The lowest BCUT2D eigenvalue weighted by atomic mass is 9.95. The van der Waals surface area contributed by atoms with Gasteiger partial charge >= 0.3 is 0 Å². The molecule has 1 saturated heterocycles. The number of nitrogens with zero attached hydrogens (tertiary/aromatic N) is 1. The molecule has 0 aromatic heterocycles. The van der Waals surface area contributed by atoms with Crippen LogP contribution in [0.3, 0.4) is 0 Å². The summed E-state index contributed by atoms with van der Waals surface area (Å²) in [4.78, 5) is 14.8. The Hall–Kier alpha value is -2.29. The number of para-hydroxylation sites is 2. The molecule has 1 amide bonds. The number of carbonyl (C=O) groups is 1. The second-order valence-electron chi connectivity index (χ2n) is 5.90. The molecule has 3 rings (SSSR count). The number of anilines is 2. The smallest absolute Gasteiger partial charge is 0.227 e. The molecule has 3 heteroatoms. The van der Waals surface area contributed by atoms with Crippen LogP contribution in [0.5, 0.6) is 0 Å². The Labute approximate surface area is 132 Å². The molecule has 0 aliphatic carbocycles. The van der Waals surface area contributed by atoms with Gasteiger partial charge in [0.1, 0.15) is 0 Å². The quantitative estimate of drug-likeness (QED) is 0.932. The molecular weight excluding hydrogens is 272 g/mol. The van der Waals surface area contributed by atoms with Crippen molar-refractivity contribution >= 4 is 17.3 Å². The molecule has 0 unspecified atom stereocenters. The van der Waals surface area contributed by atoms with E-state index in [0.717, 1.165) is 37.2 Å². The van der Waals surface area contributed by atoms with Crippen LogP contribution in [-0.4, -0.2) is 19.0 Å². The van der Waals surface area contributed by atoms with E-state index in [1.165, 1.54) is 5.69 Å². The van der Waals surface area contributed by atoms with Crippen LogP contribution in [0.15, 0.2) is 54.6 Å². The average Bonchev–Trinajstić information content (AvgIpc) is 2.58. The van der Waals surface area contributed by atoms with E-state index >= 15 is 0 Å². The zero-order valence-electron chi connectivity index (χ0n) is 13.0. The molecule has 1 heterocycles. The molecule has 0 saturated carbocycles. The maximum atomic E-state index is 12.4. The number of carbonyl (C=O) groups excluding carboxylic acids is 1. The second kappa shape index (κ2) is 6.65. The molecule has 22 heavy (non-hydrogen) atoms. The van der Waals surface area contributed by atoms with Crippen LogP contribution in [0, 0.1) is 12.8 Å². The third kappa shape index (κ3) is 3.30. The molecule has 3 nitrogen and oxygen atoms in total. The van der Waals surface area contributed by atoms with E-state index in [1.54, 1.807) is 0 Å². The Morgan fingerprint density at radius 3 is 2.32 bits per heavy atom. The van der Waals surface area contributed by atoms with Gasteiger partial charge in [0.2, 0.25) is 5.91 Å². The van der Waals surface area contributed by atoms with Gasteiger partial charge in [-0.15, -0.1) is 0 Å². The summed E-state index contributed by atoms with van der Waals surface area (Å²) in [7, 11) is 0. The lowest BCUT2D eigenvalue weighted by Crippen LogP contribution is -2.38. The Morgan fingerprint density at radius 1 is 1.00 bits per heavy atom. The standard InChI is InChI=1S/C19H22N2O/c1-15-7-5-6-10-18(15)20-19(22)16-11-13-21(14-12-16)17-8-3-2-4-9-17/h2-10,16H,11-14H2,1H3,(H,20,22). The monoisotopic (exact) mass is 294 g/mol. The first-order valence-electron chi connectivity index (χ1n) is 7.90. The van der Waals surface area contributed by atoms with Gasteiger partial charge in [0, 0.05) is 30.4 Å². The highest BCUT2D eigenvalue weighted by atomic mass is 16.1. The molecule has 0 bridgehead atoms. The van der Waals surface area contributed by atoms with Gasteiger partial charge in [-0.1, -0.05) is 36.4 Å². The van der Waals surface area contributed by atoms with Crippen LogP contribution in [0.4, 0.5) is 11.4 Å². The predicted octanol–water partition coefficient (Wildman–Crippen LogP) is 3.85. The van der Waals surface area contributed by atoms with Crippen LogP contribution in [-0.2, 0) is 4.79 Å². The molecule has 0 radical (unpaired) electrons. The first-order chi connectivity index (χ1) is 10.7. The van der Waals surface area contributed by atoms with E-state index < -0.39 is 0 Å². The van der Waals surface area contributed by atoms with Crippen molar-refractivity contribution in [3.05, 3.63) is 60.2 Å². The van der Waals surface area contributed by atoms with Gasteiger partial charge in [0.05, 0.1) is 0 Å². The summed E-state index contributed by atoms with van der Waals surface area (Å²) in [6.45, 7) is 3.90. The molecule has 1 N–H and O–H groups in total. The van der Waals surface area contributed by atoms with Crippen LogP contribution in [0.2, 0.25) is 0 Å².